The molecule has 0 amide bonds. The number of aryl methyl sites for hydroxylation is 2. The first-order valence-electron chi connectivity index (χ1n) is 7.27. The van der Waals surface area contributed by atoms with E-state index in [1.165, 1.54) is 11.7 Å². The van der Waals surface area contributed by atoms with Crippen LogP contribution in [0.3, 0.4) is 0 Å². The quantitative estimate of drug-likeness (QED) is 0.771. The number of rotatable bonds is 8. The van der Waals surface area contributed by atoms with E-state index in [2.05, 4.69) is 10.4 Å². The van der Waals surface area contributed by atoms with Crippen molar-refractivity contribution in [1.29, 1.82) is 0 Å². The number of aliphatic hydroxyl groups is 1. The van der Waals surface area contributed by atoms with Crippen LogP contribution >= 0.6 is 0 Å². The van der Waals surface area contributed by atoms with Crippen LogP contribution in [0.2, 0.25) is 0 Å². The molecule has 0 bridgehead atoms. The van der Waals surface area contributed by atoms with E-state index in [1.54, 1.807) is 6.92 Å². The van der Waals surface area contributed by atoms with E-state index in [4.69, 9.17) is 4.74 Å². The van der Waals surface area contributed by atoms with Gasteiger partial charge in [0, 0.05) is 20.1 Å². The first kappa shape index (κ1) is 18.8. The van der Waals surface area contributed by atoms with Gasteiger partial charge in [0.1, 0.15) is 0 Å². The standard InChI is InChI=1S/C14H24F3N3O2/c1-5-13(21,6-2)8-18-7-11-10(3)19-20(4)12(11)22-9-14(15,16)17/h18,21H,5-9H2,1-4H3. The molecule has 0 saturated carbocycles. The van der Waals surface area contributed by atoms with Gasteiger partial charge in [-0.2, -0.15) is 18.3 Å². The lowest BCUT2D eigenvalue weighted by molar-refractivity contribution is -0.154. The third-order valence-corrected chi connectivity index (χ3v) is 3.73. The van der Waals surface area contributed by atoms with Crippen LogP contribution in [0.1, 0.15) is 37.9 Å². The molecule has 0 aliphatic carbocycles. The molecule has 5 nitrogen and oxygen atoms in total. The van der Waals surface area contributed by atoms with Crippen LogP contribution in [0.5, 0.6) is 5.88 Å². The third kappa shape index (κ3) is 5.17. The minimum Gasteiger partial charge on any atom is -0.468 e. The predicted octanol–water partition coefficient (Wildman–Crippen LogP) is 2.31. The van der Waals surface area contributed by atoms with Crippen molar-refractivity contribution in [2.45, 2.75) is 51.9 Å². The number of hydrogen-bond donors (Lipinski definition) is 2. The summed E-state index contributed by atoms with van der Waals surface area (Å²) < 4.78 is 43.1. The normalized spacial score (nSPS) is 12.7. The zero-order chi connectivity index (χ0) is 17.0. The fraction of sp³-hybridized carbons (Fsp3) is 0.786. The van der Waals surface area contributed by atoms with Crippen molar-refractivity contribution >= 4 is 0 Å². The summed E-state index contributed by atoms with van der Waals surface area (Å²) in [6, 6.07) is 0. The molecule has 0 atom stereocenters. The molecule has 1 aromatic heterocycles. The molecule has 22 heavy (non-hydrogen) atoms. The van der Waals surface area contributed by atoms with Crippen LogP contribution in [0, 0.1) is 6.92 Å². The van der Waals surface area contributed by atoms with Crippen molar-refractivity contribution in [1.82, 2.24) is 15.1 Å². The Morgan fingerprint density at radius 2 is 1.86 bits per heavy atom. The van der Waals surface area contributed by atoms with Gasteiger partial charge in [-0.15, -0.1) is 0 Å². The van der Waals surface area contributed by atoms with E-state index < -0.39 is 18.4 Å². The van der Waals surface area contributed by atoms with Crippen molar-refractivity contribution in [2.24, 2.45) is 7.05 Å². The molecule has 8 heteroatoms. The SMILES string of the molecule is CCC(O)(CC)CNCc1c(C)nn(C)c1OCC(F)(F)F. The molecule has 0 aliphatic rings. The Labute approximate surface area is 128 Å². The van der Waals surface area contributed by atoms with E-state index in [1.807, 2.05) is 13.8 Å². The minimum absolute atomic E-state index is 0.0962. The van der Waals surface area contributed by atoms with Crippen molar-refractivity contribution in [2.75, 3.05) is 13.2 Å². The molecule has 0 radical (unpaired) electrons. The first-order valence-corrected chi connectivity index (χ1v) is 7.27. The van der Waals surface area contributed by atoms with Crippen LogP contribution in [-0.4, -0.2) is 39.8 Å². The van der Waals surface area contributed by atoms with Crippen LogP contribution in [0.15, 0.2) is 0 Å². The van der Waals surface area contributed by atoms with Crippen LogP contribution < -0.4 is 10.1 Å². The van der Waals surface area contributed by atoms with E-state index in [-0.39, 0.29) is 12.4 Å². The summed E-state index contributed by atoms with van der Waals surface area (Å²) in [7, 11) is 1.54. The Balaban J connectivity index is 2.74. The summed E-state index contributed by atoms with van der Waals surface area (Å²) >= 11 is 0. The van der Waals surface area contributed by atoms with E-state index in [9.17, 15) is 18.3 Å². The summed E-state index contributed by atoms with van der Waals surface area (Å²) in [5, 5.41) is 17.4. The Kier molecular flexibility index (Phi) is 6.25. The van der Waals surface area contributed by atoms with Crippen molar-refractivity contribution < 1.29 is 23.0 Å². The third-order valence-electron chi connectivity index (χ3n) is 3.73. The first-order chi connectivity index (χ1) is 10.1. The highest BCUT2D eigenvalue weighted by atomic mass is 19.4. The van der Waals surface area contributed by atoms with Gasteiger partial charge in [-0.1, -0.05) is 13.8 Å². The summed E-state index contributed by atoms with van der Waals surface area (Å²) in [4.78, 5) is 0. The molecule has 128 valence electrons. The fourth-order valence-electron chi connectivity index (χ4n) is 2.14. The smallest absolute Gasteiger partial charge is 0.422 e. The van der Waals surface area contributed by atoms with Crippen molar-refractivity contribution in [3.63, 3.8) is 0 Å². The number of hydrogen-bond acceptors (Lipinski definition) is 4. The van der Waals surface area contributed by atoms with Gasteiger partial charge in [-0.25, -0.2) is 4.68 Å². The minimum atomic E-state index is -4.40. The zero-order valence-corrected chi connectivity index (χ0v) is 13.4. The Hall–Kier alpha value is -1.28. The molecule has 0 unspecified atom stereocenters. The van der Waals surface area contributed by atoms with Gasteiger partial charge >= 0.3 is 6.18 Å². The molecule has 1 heterocycles. The molecular weight excluding hydrogens is 299 g/mol. The van der Waals surface area contributed by atoms with Gasteiger partial charge < -0.3 is 15.2 Å². The second kappa shape index (κ2) is 7.32. The topological polar surface area (TPSA) is 59.3 Å². The Morgan fingerprint density at radius 1 is 1.27 bits per heavy atom. The van der Waals surface area contributed by atoms with Crippen LogP contribution in [0.25, 0.3) is 0 Å². The second-order valence-corrected chi connectivity index (χ2v) is 5.43. The average molecular weight is 323 g/mol. The van der Waals surface area contributed by atoms with Gasteiger partial charge in [0.2, 0.25) is 5.88 Å². The summed E-state index contributed by atoms with van der Waals surface area (Å²) in [5.41, 5.74) is 0.355. The molecule has 0 fully saturated rings. The highest BCUT2D eigenvalue weighted by Crippen LogP contribution is 2.24. The summed E-state index contributed by atoms with van der Waals surface area (Å²) in [6.45, 7) is 4.77. The van der Waals surface area contributed by atoms with Gasteiger partial charge in [0.15, 0.2) is 6.61 Å². The van der Waals surface area contributed by atoms with Gasteiger partial charge in [-0.3, -0.25) is 0 Å². The monoisotopic (exact) mass is 323 g/mol. The maximum Gasteiger partial charge on any atom is 0.422 e. The number of aromatic nitrogens is 2. The summed E-state index contributed by atoms with van der Waals surface area (Å²) in [5.74, 6) is 0.0962. The molecule has 0 aliphatic heterocycles. The van der Waals surface area contributed by atoms with Crippen molar-refractivity contribution in [3.8, 4) is 5.88 Å². The maximum absolute atomic E-state index is 12.3. The van der Waals surface area contributed by atoms with E-state index in [0.29, 0.717) is 30.6 Å². The Bertz CT molecular complexity index is 482. The van der Waals surface area contributed by atoms with Crippen molar-refractivity contribution in [3.05, 3.63) is 11.3 Å². The highest BCUT2D eigenvalue weighted by molar-refractivity contribution is 5.30. The average Bonchev–Trinajstić information content (AvgIpc) is 2.70. The van der Waals surface area contributed by atoms with Gasteiger partial charge in [0.25, 0.3) is 0 Å². The maximum atomic E-state index is 12.3. The largest absolute Gasteiger partial charge is 0.468 e. The molecule has 0 aromatic carbocycles. The second-order valence-electron chi connectivity index (χ2n) is 5.43. The number of ether oxygens (including phenoxy) is 1. The molecule has 0 saturated heterocycles. The molecular formula is C14H24F3N3O2. The van der Waals surface area contributed by atoms with E-state index >= 15 is 0 Å². The number of halogens is 3. The Morgan fingerprint density at radius 3 is 2.36 bits per heavy atom. The number of nitrogens with zero attached hydrogens (tertiary/aromatic N) is 2. The molecule has 1 rings (SSSR count). The van der Waals surface area contributed by atoms with Gasteiger partial charge in [0.05, 0.1) is 16.9 Å². The van der Waals surface area contributed by atoms with Gasteiger partial charge in [-0.05, 0) is 19.8 Å². The number of nitrogens with one attached hydrogen (secondary N) is 1. The predicted molar refractivity (Wildman–Crippen MR) is 76.7 cm³/mol. The lowest BCUT2D eigenvalue weighted by atomic mass is 9.97. The fourth-order valence-corrected chi connectivity index (χ4v) is 2.14. The summed E-state index contributed by atoms with van der Waals surface area (Å²) in [6.07, 6.45) is -3.20. The number of alkyl halides is 3. The van der Waals surface area contributed by atoms with Crippen LogP contribution in [0.4, 0.5) is 13.2 Å². The molecule has 2 N–H and O–H groups in total. The lowest BCUT2D eigenvalue weighted by Crippen LogP contribution is -2.39. The lowest BCUT2D eigenvalue weighted by Gasteiger charge is -2.25. The molecule has 0 spiro atoms. The van der Waals surface area contributed by atoms with E-state index in [0.717, 1.165) is 0 Å². The van der Waals surface area contributed by atoms with Crippen LogP contribution in [-0.2, 0) is 13.6 Å². The highest BCUT2D eigenvalue weighted by Gasteiger charge is 2.30. The molecule has 1 aromatic rings. The zero-order valence-electron chi connectivity index (χ0n) is 13.4.